The number of hydrogen-bond acceptors (Lipinski definition) is 3. The van der Waals surface area contributed by atoms with Crippen molar-refractivity contribution in [2.75, 3.05) is 32.7 Å². The summed E-state index contributed by atoms with van der Waals surface area (Å²) in [6, 6.07) is 0.770. The molecule has 2 atom stereocenters. The van der Waals surface area contributed by atoms with Gasteiger partial charge in [-0.25, -0.2) is 0 Å². The van der Waals surface area contributed by atoms with Crippen LogP contribution in [0.3, 0.4) is 0 Å². The van der Waals surface area contributed by atoms with Crippen LogP contribution in [0.25, 0.3) is 0 Å². The molecule has 0 aliphatic carbocycles. The summed E-state index contributed by atoms with van der Waals surface area (Å²) in [5.41, 5.74) is -0.499. The monoisotopic (exact) mass is 212 g/mol. The Kier molecular flexibility index (Phi) is 3.33. The summed E-state index contributed by atoms with van der Waals surface area (Å²) >= 11 is 0. The molecule has 3 heteroatoms. The maximum Gasteiger partial charge on any atom is 0.0743 e. The molecule has 2 aliphatic rings. The van der Waals surface area contributed by atoms with Crippen LogP contribution in [0.4, 0.5) is 0 Å². The van der Waals surface area contributed by atoms with E-state index in [0.717, 1.165) is 32.1 Å². The average molecular weight is 212 g/mol. The summed E-state index contributed by atoms with van der Waals surface area (Å²) in [6.07, 6.45) is 3.56. The fourth-order valence-electron chi connectivity index (χ4n) is 2.79. The van der Waals surface area contributed by atoms with Crippen LogP contribution in [-0.2, 0) is 0 Å². The maximum atomic E-state index is 10.1. The van der Waals surface area contributed by atoms with Gasteiger partial charge in [0.2, 0.25) is 0 Å². The summed E-state index contributed by atoms with van der Waals surface area (Å²) in [6.45, 7) is 9.64. The first kappa shape index (κ1) is 11.4. The minimum absolute atomic E-state index is 0.499. The van der Waals surface area contributed by atoms with Crippen molar-refractivity contribution in [3.8, 4) is 0 Å². The van der Waals surface area contributed by atoms with Crippen LogP contribution in [0, 0.1) is 0 Å². The van der Waals surface area contributed by atoms with Crippen molar-refractivity contribution in [1.29, 1.82) is 0 Å². The van der Waals surface area contributed by atoms with Crippen molar-refractivity contribution in [2.24, 2.45) is 0 Å². The molecule has 2 aliphatic heterocycles. The Hall–Kier alpha value is -0.120. The number of rotatable bonds is 3. The van der Waals surface area contributed by atoms with Gasteiger partial charge in [0.05, 0.1) is 5.60 Å². The number of nitrogens with zero attached hydrogens (tertiary/aromatic N) is 2. The largest absolute Gasteiger partial charge is 0.389 e. The Morgan fingerprint density at radius 1 is 1.33 bits per heavy atom. The number of fused-ring (bicyclic) bond motifs is 1. The molecule has 2 fully saturated rings. The van der Waals surface area contributed by atoms with E-state index in [1.165, 1.54) is 25.9 Å². The molecule has 0 saturated carbocycles. The topological polar surface area (TPSA) is 26.7 Å². The lowest BCUT2D eigenvalue weighted by Crippen LogP contribution is -2.53. The molecule has 0 bridgehead atoms. The molecule has 0 aromatic carbocycles. The molecule has 0 aromatic heterocycles. The van der Waals surface area contributed by atoms with Crippen LogP contribution in [-0.4, -0.2) is 59.3 Å². The van der Waals surface area contributed by atoms with E-state index in [1.54, 1.807) is 0 Å². The van der Waals surface area contributed by atoms with Crippen LogP contribution in [0.1, 0.15) is 33.1 Å². The van der Waals surface area contributed by atoms with Crippen LogP contribution in [0.15, 0.2) is 0 Å². The highest BCUT2D eigenvalue weighted by Crippen LogP contribution is 2.22. The Morgan fingerprint density at radius 2 is 2.13 bits per heavy atom. The van der Waals surface area contributed by atoms with Gasteiger partial charge < -0.3 is 5.11 Å². The Bertz CT molecular complexity index is 218. The van der Waals surface area contributed by atoms with E-state index in [-0.39, 0.29) is 0 Å². The quantitative estimate of drug-likeness (QED) is 0.754. The zero-order valence-corrected chi connectivity index (χ0v) is 10.1. The van der Waals surface area contributed by atoms with Crippen molar-refractivity contribution in [3.05, 3.63) is 0 Å². The molecule has 1 N–H and O–H groups in total. The second-order valence-corrected chi connectivity index (χ2v) is 5.42. The van der Waals surface area contributed by atoms with Gasteiger partial charge in [0.25, 0.3) is 0 Å². The van der Waals surface area contributed by atoms with Crippen LogP contribution >= 0.6 is 0 Å². The summed E-state index contributed by atoms with van der Waals surface area (Å²) in [7, 11) is 0. The second-order valence-electron chi connectivity index (χ2n) is 5.42. The van der Waals surface area contributed by atoms with Crippen molar-refractivity contribution >= 4 is 0 Å². The molecule has 0 radical (unpaired) electrons. The lowest BCUT2D eigenvalue weighted by atomic mass is 10.0. The molecular weight excluding hydrogens is 188 g/mol. The van der Waals surface area contributed by atoms with Gasteiger partial charge in [0.1, 0.15) is 0 Å². The van der Waals surface area contributed by atoms with Gasteiger partial charge in [-0.05, 0) is 32.7 Å². The van der Waals surface area contributed by atoms with Crippen LogP contribution in [0.2, 0.25) is 0 Å². The van der Waals surface area contributed by atoms with Gasteiger partial charge in [0.15, 0.2) is 0 Å². The first-order valence-corrected chi connectivity index (χ1v) is 6.29. The third-order valence-corrected chi connectivity index (χ3v) is 4.00. The molecule has 0 aromatic rings. The Morgan fingerprint density at radius 3 is 2.87 bits per heavy atom. The lowest BCUT2D eigenvalue weighted by molar-refractivity contribution is -0.00555. The van der Waals surface area contributed by atoms with Crippen molar-refractivity contribution in [2.45, 2.75) is 44.8 Å². The van der Waals surface area contributed by atoms with Crippen LogP contribution in [0.5, 0.6) is 0 Å². The first-order chi connectivity index (χ1) is 7.11. The number of hydrogen-bond donors (Lipinski definition) is 1. The highest BCUT2D eigenvalue weighted by molar-refractivity contribution is 4.89. The molecule has 2 unspecified atom stereocenters. The molecule has 88 valence electrons. The highest BCUT2D eigenvalue weighted by atomic mass is 16.3. The maximum absolute atomic E-state index is 10.1. The van der Waals surface area contributed by atoms with Gasteiger partial charge in [-0.2, -0.15) is 0 Å². The summed E-state index contributed by atoms with van der Waals surface area (Å²) in [4.78, 5) is 5.05. The SMILES string of the molecule is CCC(C)(O)CN1CCN2CCCC2C1. The van der Waals surface area contributed by atoms with E-state index in [1.807, 2.05) is 6.92 Å². The van der Waals surface area contributed by atoms with Gasteiger partial charge in [-0.1, -0.05) is 6.92 Å². The molecule has 3 nitrogen and oxygen atoms in total. The van der Waals surface area contributed by atoms with Gasteiger partial charge in [-0.15, -0.1) is 0 Å². The van der Waals surface area contributed by atoms with Crippen molar-refractivity contribution in [1.82, 2.24) is 9.80 Å². The smallest absolute Gasteiger partial charge is 0.0743 e. The fourth-order valence-corrected chi connectivity index (χ4v) is 2.79. The van der Waals surface area contributed by atoms with Crippen molar-refractivity contribution in [3.63, 3.8) is 0 Å². The minimum atomic E-state index is -0.499. The van der Waals surface area contributed by atoms with E-state index in [0.29, 0.717) is 0 Å². The third-order valence-electron chi connectivity index (χ3n) is 4.00. The van der Waals surface area contributed by atoms with E-state index < -0.39 is 5.60 Å². The average Bonchev–Trinajstić information content (AvgIpc) is 2.64. The molecule has 0 spiro atoms. The zero-order chi connectivity index (χ0) is 10.9. The minimum Gasteiger partial charge on any atom is -0.389 e. The van der Waals surface area contributed by atoms with Gasteiger partial charge in [-0.3, -0.25) is 9.80 Å². The summed E-state index contributed by atoms with van der Waals surface area (Å²) in [5, 5.41) is 10.1. The highest BCUT2D eigenvalue weighted by Gasteiger charge is 2.32. The van der Waals surface area contributed by atoms with Crippen molar-refractivity contribution < 1.29 is 5.11 Å². The third kappa shape index (κ3) is 2.71. The molecule has 2 heterocycles. The van der Waals surface area contributed by atoms with Gasteiger partial charge in [0, 0.05) is 32.2 Å². The van der Waals surface area contributed by atoms with Gasteiger partial charge >= 0.3 is 0 Å². The Labute approximate surface area is 93.1 Å². The second kappa shape index (κ2) is 4.40. The molecule has 2 rings (SSSR count). The molecular formula is C12H24N2O. The normalized spacial score (nSPS) is 32.6. The summed E-state index contributed by atoms with van der Waals surface area (Å²) < 4.78 is 0. The Balaban J connectivity index is 1.85. The summed E-state index contributed by atoms with van der Waals surface area (Å²) in [5.74, 6) is 0. The van der Waals surface area contributed by atoms with E-state index in [4.69, 9.17) is 0 Å². The predicted octanol–water partition coefficient (Wildman–Crippen LogP) is 0.927. The van der Waals surface area contributed by atoms with Crippen LogP contribution < -0.4 is 0 Å². The number of aliphatic hydroxyl groups is 1. The van der Waals surface area contributed by atoms with E-state index >= 15 is 0 Å². The number of piperazine rings is 1. The van der Waals surface area contributed by atoms with E-state index in [2.05, 4.69) is 16.7 Å². The molecule has 0 amide bonds. The molecule has 15 heavy (non-hydrogen) atoms. The number of β-amino-alcohol motifs (C(OH)–C–C–N with tert-alkyl or cyclic N) is 1. The van der Waals surface area contributed by atoms with E-state index in [9.17, 15) is 5.11 Å². The standard InChI is InChI=1S/C12H24N2O/c1-3-12(2,15)10-13-7-8-14-6-4-5-11(14)9-13/h11,15H,3-10H2,1-2H3. The lowest BCUT2D eigenvalue weighted by Gasteiger charge is -2.40. The fraction of sp³-hybridized carbons (Fsp3) is 1.00. The first-order valence-electron chi connectivity index (χ1n) is 6.29. The zero-order valence-electron chi connectivity index (χ0n) is 10.1. The molecule has 2 saturated heterocycles. The predicted molar refractivity (Wildman–Crippen MR) is 61.9 cm³/mol.